The van der Waals surface area contributed by atoms with Gasteiger partial charge in [-0.15, -0.1) is 0 Å². The standard InChI is InChI=1S/C12H24N2O3/c1-5-12(2)10-13(6-8-16-3)11(15)14(12)7-9-17-4/h5-10H2,1-4H3. The number of carbonyl (C=O) groups excluding carboxylic acids is 1. The van der Waals surface area contributed by atoms with Crippen molar-refractivity contribution in [2.45, 2.75) is 25.8 Å². The van der Waals surface area contributed by atoms with Gasteiger partial charge in [0.1, 0.15) is 0 Å². The SMILES string of the molecule is CCC1(C)CN(CCOC)C(=O)N1CCOC. The van der Waals surface area contributed by atoms with E-state index < -0.39 is 0 Å². The monoisotopic (exact) mass is 244 g/mol. The summed E-state index contributed by atoms with van der Waals surface area (Å²) in [7, 11) is 3.31. The van der Waals surface area contributed by atoms with E-state index in [9.17, 15) is 4.79 Å². The van der Waals surface area contributed by atoms with Crippen LogP contribution in [0.15, 0.2) is 0 Å². The summed E-state index contributed by atoms with van der Waals surface area (Å²) >= 11 is 0. The van der Waals surface area contributed by atoms with Crippen LogP contribution in [0.4, 0.5) is 4.79 Å². The second-order valence-corrected chi connectivity index (χ2v) is 4.69. The van der Waals surface area contributed by atoms with Gasteiger partial charge in [-0.3, -0.25) is 0 Å². The van der Waals surface area contributed by atoms with Crippen LogP contribution in [0.1, 0.15) is 20.3 Å². The molecule has 0 aromatic rings. The molecule has 0 saturated carbocycles. The van der Waals surface area contributed by atoms with Gasteiger partial charge in [-0.05, 0) is 13.3 Å². The maximum absolute atomic E-state index is 12.2. The van der Waals surface area contributed by atoms with Crippen LogP contribution in [-0.2, 0) is 9.47 Å². The minimum absolute atomic E-state index is 0.0800. The molecule has 1 aliphatic heterocycles. The first-order valence-corrected chi connectivity index (χ1v) is 6.13. The van der Waals surface area contributed by atoms with Crippen LogP contribution in [0.3, 0.4) is 0 Å². The molecule has 17 heavy (non-hydrogen) atoms. The van der Waals surface area contributed by atoms with Crippen molar-refractivity contribution < 1.29 is 14.3 Å². The Balaban J connectivity index is 2.68. The smallest absolute Gasteiger partial charge is 0.320 e. The Hall–Kier alpha value is -0.810. The largest absolute Gasteiger partial charge is 0.383 e. The van der Waals surface area contributed by atoms with E-state index in [1.165, 1.54) is 0 Å². The molecule has 0 bridgehead atoms. The van der Waals surface area contributed by atoms with E-state index in [0.717, 1.165) is 13.0 Å². The summed E-state index contributed by atoms with van der Waals surface area (Å²) in [5.74, 6) is 0. The fourth-order valence-corrected chi connectivity index (χ4v) is 2.19. The van der Waals surface area contributed by atoms with E-state index in [4.69, 9.17) is 9.47 Å². The fraction of sp³-hybridized carbons (Fsp3) is 0.917. The Morgan fingerprint density at radius 2 is 1.82 bits per heavy atom. The van der Waals surface area contributed by atoms with Gasteiger partial charge in [0.25, 0.3) is 0 Å². The van der Waals surface area contributed by atoms with Gasteiger partial charge in [-0.1, -0.05) is 6.92 Å². The molecule has 100 valence electrons. The van der Waals surface area contributed by atoms with Crippen molar-refractivity contribution in [3.63, 3.8) is 0 Å². The zero-order valence-electron chi connectivity index (χ0n) is 11.4. The molecular weight excluding hydrogens is 220 g/mol. The lowest BCUT2D eigenvalue weighted by Gasteiger charge is -2.32. The van der Waals surface area contributed by atoms with Crippen LogP contribution < -0.4 is 0 Å². The summed E-state index contributed by atoms with van der Waals surface area (Å²) in [6.07, 6.45) is 0.950. The number of amides is 2. The molecule has 0 aromatic heterocycles. The Labute approximate surface area is 104 Å². The van der Waals surface area contributed by atoms with E-state index in [1.54, 1.807) is 14.2 Å². The van der Waals surface area contributed by atoms with E-state index in [1.807, 2.05) is 9.80 Å². The Kier molecular flexibility index (Phi) is 5.21. The molecule has 1 aliphatic rings. The average molecular weight is 244 g/mol. The highest BCUT2D eigenvalue weighted by Crippen LogP contribution is 2.28. The van der Waals surface area contributed by atoms with Gasteiger partial charge in [-0.25, -0.2) is 4.79 Å². The van der Waals surface area contributed by atoms with E-state index >= 15 is 0 Å². The van der Waals surface area contributed by atoms with Crippen molar-refractivity contribution in [2.75, 3.05) is 47.1 Å². The number of hydrogen-bond donors (Lipinski definition) is 0. The zero-order chi connectivity index (χ0) is 12.9. The Morgan fingerprint density at radius 1 is 1.24 bits per heavy atom. The van der Waals surface area contributed by atoms with Crippen molar-refractivity contribution >= 4 is 6.03 Å². The van der Waals surface area contributed by atoms with Crippen LogP contribution in [0.5, 0.6) is 0 Å². The first kappa shape index (κ1) is 14.3. The third-order valence-corrected chi connectivity index (χ3v) is 3.53. The third-order valence-electron chi connectivity index (χ3n) is 3.53. The van der Waals surface area contributed by atoms with Crippen molar-refractivity contribution in [2.24, 2.45) is 0 Å². The summed E-state index contributed by atoms with van der Waals surface area (Å²) in [5, 5.41) is 0. The van der Waals surface area contributed by atoms with Crippen LogP contribution in [0, 0.1) is 0 Å². The summed E-state index contributed by atoms with van der Waals surface area (Å²) in [6.45, 7) is 7.51. The topological polar surface area (TPSA) is 42.0 Å². The van der Waals surface area contributed by atoms with Crippen molar-refractivity contribution in [1.29, 1.82) is 0 Å². The van der Waals surface area contributed by atoms with Gasteiger partial charge in [-0.2, -0.15) is 0 Å². The maximum Gasteiger partial charge on any atom is 0.320 e. The highest BCUT2D eigenvalue weighted by atomic mass is 16.5. The summed E-state index contributed by atoms with van der Waals surface area (Å²) in [4.78, 5) is 16.0. The quantitative estimate of drug-likeness (QED) is 0.675. The lowest BCUT2D eigenvalue weighted by molar-refractivity contribution is 0.115. The number of rotatable bonds is 7. The van der Waals surface area contributed by atoms with Crippen LogP contribution in [0.25, 0.3) is 0 Å². The van der Waals surface area contributed by atoms with Gasteiger partial charge in [0.05, 0.1) is 18.8 Å². The van der Waals surface area contributed by atoms with Gasteiger partial charge < -0.3 is 19.3 Å². The molecule has 1 rings (SSSR count). The summed E-state index contributed by atoms with van der Waals surface area (Å²) < 4.78 is 10.1. The van der Waals surface area contributed by atoms with Gasteiger partial charge in [0.15, 0.2) is 0 Å². The first-order chi connectivity index (χ1) is 8.09. The van der Waals surface area contributed by atoms with Crippen molar-refractivity contribution in [3.05, 3.63) is 0 Å². The Morgan fingerprint density at radius 3 is 2.35 bits per heavy atom. The number of nitrogens with zero attached hydrogens (tertiary/aromatic N) is 2. The fourth-order valence-electron chi connectivity index (χ4n) is 2.19. The van der Waals surface area contributed by atoms with E-state index in [0.29, 0.717) is 26.3 Å². The zero-order valence-corrected chi connectivity index (χ0v) is 11.4. The third kappa shape index (κ3) is 3.10. The van der Waals surface area contributed by atoms with Crippen LogP contribution >= 0.6 is 0 Å². The van der Waals surface area contributed by atoms with Crippen molar-refractivity contribution in [1.82, 2.24) is 9.80 Å². The number of hydrogen-bond acceptors (Lipinski definition) is 3. The van der Waals surface area contributed by atoms with E-state index in [2.05, 4.69) is 13.8 Å². The van der Waals surface area contributed by atoms with E-state index in [-0.39, 0.29) is 11.6 Å². The summed E-state index contributed by atoms with van der Waals surface area (Å²) in [5.41, 5.74) is -0.0800. The molecule has 2 amide bonds. The van der Waals surface area contributed by atoms with Crippen LogP contribution in [0.2, 0.25) is 0 Å². The van der Waals surface area contributed by atoms with Gasteiger partial charge in [0.2, 0.25) is 0 Å². The highest BCUT2D eigenvalue weighted by Gasteiger charge is 2.44. The molecule has 1 unspecified atom stereocenters. The summed E-state index contributed by atoms with van der Waals surface area (Å²) in [6, 6.07) is 0.100. The number of carbonyl (C=O) groups is 1. The molecule has 1 atom stereocenters. The minimum Gasteiger partial charge on any atom is -0.383 e. The molecule has 0 aromatic carbocycles. The number of ether oxygens (including phenoxy) is 2. The molecule has 5 nitrogen and oxygen atoms in total. The van der Waals surface area contributed by atoms with Gasteiger partial charge >= 0.3 is 6.03 Å². The average Bonchev–Trinajstić information content (AvgIpc) is 2.57. The van der Waals surface area contributed by atoms with Crippen LogP contribution in [-0.4, -0.2) is 68.4 Å². The minimum atomic E-state index is -0.0800. The normalized spacial score (nSPS) is 24.8. The number of methoxy groups -OCH3 is 2. The van der Waals surface area contributed by atoms with Crippen molar-refractivity contribution in [3.8, 4) is 0 Å². The molecule has 0 spiro atoms. The Bertz CT molecular complexity index is 260. The molecule has 5 heteroatoms. The lowest BCUT2D eigenvalue weighted by atomic mass is 9.98. The lowest BCUT2D eigenvalue weighted by Crippen LogP contribution is -2.45. The first-order valence-electron chi connectivity index (χ1n) is 6.13. The second-order valence-electron chi connectivity index (χ2n) is 4.69. The van der Waals surface area contributed by atoms with Gasteiger partial charge in [0, 0.05) is 33.9 Å². The molecule has 1 fully saturated rings. The second kappa shape index (κ2) is 6.21. The molecule has 0 aliphatic carbocycles. The predicted octanol–water partition coefficient (Wildman–Crippen LogP) is 1.19. The molecule has 0 radical (unpaired) electrons. The molecule has 0 N–H and O–H groups in total. The molecule has 1 heterocycles. The molecule has 1 saturated heterocycles. The molecular formula is C12H24N2O3. The highest BCUT2D eigenvalue weighted by molar-refractivity contribution is 5.78. The number of urea groups is 1. The predicted molar refractivity (Wildman–Crippen MR) is 66.1 cm³/mol. The maximum atomic E-state index is 12.2.